The van der Waals surface area contributed by atoms with Crippen LogP contribution in [-0.4, -0.2) is 25.1 Å². The topological polar surface area (TPSA) is 67.3 Å². The molecule has 0 unspecified atom stereocenters. The maximum atomic E-state index is 13.3. The molecule has 0 saturated carbocycles. The Morgan fingerprint density at radius 1 is 1.00 bits per heavy atom. The molecular formula is C24H21ClN2O3S2. The third-order valence-electron chi connectivity index (χ3n) is 5.15. The number of fused-ring (bicyclic) bond motifs is 1. The number of rotatable bonds is 6. The highest BCUT2D eigenvalue weighted by atomic mass is 35.5. The minimum atomic E-state index is -3.80. The standard InChI is InChI=1S/C24H21ClN2O3S2/c1-16-8-10-19(11-9-16)32(29,30)15-22(28)27(14-18-6-4-3-5-7-18)24-26-23-17(2)20(25)12-13-21(23)31-24/h3-13H,14-15H2,1-2H3. The number of sulfone groups is 1. The van der Waals surface area contributed by atoms with Crippen molar-refractivity contribution in [3.05, 3.63) is 88.4 Å². The van der Waals surface area contributed by atoms with E-state index in [0.717, 1.165) is 21.4 Å². The number of nitrogens with zero attached hydrogens (tertiary/aromatic N) is 2. The van der Waals surface area contributed by atoms with Crippen molar-refractivity contribution in [3.8, 4) is 0 Å². The van der Waals surface area contributed by atoms with Crippen molar-refractivity contribution in [2.24, 2.45) is 0 Å². The summed E-state index contributed by atoms with van der Waals surface area (Å²) in [4.78, 5) is 19.5. The first kappa shape index (κ1) is 22.5. The van der Waals surface area contributed by atoms with Crippen LogP contribution in [0.25, 0.3) is 10.2 Å². The molecule has 0 aliphatic rings. The van der Waals surface area contributed by atoms with Gasteiger partial charge >= 0.3 is 0 Å². The number of amides is 1. The first-order chi connectivity index (χ1) is 15.2. The Hall–Kier alpha value is -2.74. The van der Waals surface area contributed by atoms with E-state index in [2.05, 4.69) is 4.98 Å². The highest BCUT2D eigenvalue weighted by Gasteiger charge is 2.27. The van der Waals surface area contributed by atoms with Crippen LogP contribution in [0.2, 0.25) is 5.02 Å². The van der Waals surface area contributed by atoms with Crippen molar-refractivity contribution >= 4 is 54.0 Å². The summed E-state index contributed by atoms with van der Waals surface area (Å²) in [7, 11) is -3.80. The van der Waals surface area contributed by atoms with Gasteiger partial charge in [0, 0.05) is 5.02 Å². The van der Waals surface area contributed by atoms with E-state index >= 15 is 0 Å². The first-order valence-electron chi connectivity index (χ1n) is 9.94. The number of aryl methyl sites for hydroxylation is 2. The van der Waals surface area contributed by atoms with Gasteiger partial charge < -0.3 is 0 Å². The van der Waals surface area contributed by atoms with Gasteiger partial charge in [0.15, 0.2) is 15.0 Å². The van der Waals surface area contributed by atoms with Gasteiger partial charge in [-0.05, 0) is 49.2 Å². The van der Waals surface area contributed by atoms with E-state index < -0.39 is 21.5 Å². The maximum Gasteiger partial charge on any atom is 0.244 e. The summed E-state index contributed by atoms with van der Waals surface area (Å²) >= 11 is 7.58. The Labute approximate surface area is 196 Å². The molecule has 0 N–H and O–H groups in total. The Morgan fingerprint density at radius 3 is 2.38 bits per heavy atom. The molecule has 0 bridgehead atoms. The van der Waals surface area contributed by atoms with Crippen LogP contribution in [0.1, 0.15) is 16.7 Å². The molecule has 1 aromatic heterocycles. The third-order valence-corrected chi connectivity index (χ3v) is 8.22. The maximum absolute atomic E-state index is 13.3. The molecule has 0 atom stereocenters. The molecule has 3 aromatic carbocycles. The van der Waals surface area contributed by atoms with Gasteiger partial charge in [0.05, 0.1) is 21.7 Å². The van der Waals surface area contributed by atoms with E-state index in [1.807, 2.05) is 50.2 Å². The highest BCUT2D eigenvalue weighted by molar-refractivity contribution is 7.92. The van der Waals surface area contributed by atoms with E-state index in [1.165, 1.54) is 28.4 Å². The van der Waals surface area contributed by atoms with E-state index in [1.54, 1.807) is 18.2 Å². The molecule has 4 aromatic rings. The number of carbonyl (C=O) groups excluding carboxylic acids is 1. The molecule has 0 radical (unpaired) electrons. The number of hydrogen-bond acceptors (Lipinski definition) is 5. The Bertz CT molecular complexity index is 1380. The lowest BCUT2D eigenvalue weighted by molar-refractivity contribution is -0.116. The summed E-state index contributed by atoms with van der Waals surface area (Å²) in [6.45, 7) is 3.97. The van der Waals surface area contributed by atoms with Crippen LogP contribution in [0.4, 0.5) is 5.13 Å². The number of hydrogen-bond donors (Lipinski definition) is 0. The fraction of sp³-hybridized carbons (Fsp3) is 0.167. The second kappa shape index (κ2) is 9.02. The fourth-order valence-corrected chi connectivity index (χ4v) is 5.69. The third kappa shape index (κ3) is 4.70. The van der Waals surface area contributed by atoms with Gasteiger partial charge in [0.25, 0.3) is 0 Å². The van der Waals surface area contributed by atoms with Crippen molar-refractivity contribution in [1.82, 2.24) is 4.98 Å². The van der Waals surface area contributed by atoms with Crippen LogP contribution in [0.15, 0.2) is 71.6 Å². The molecule has 0 aliphatic carbocycles. The smallest absolute Gasteiger partial charge is 0.244 e. The van der Waals surface area contributed by atoms with Gasteiger partial charge in [-0.25, -0.2) is 13.4 Å². The van der Waals surface area contributed by atoms with Gasteiger partial charge in [-0.1, -0.05) is 71.0 Å². The number of anilines is 1. The van der Waals surface area contributed by atoms with Crippen LogP contribution in [0, 0.1) is 13.8 Å². The van der Waals surface area contributed by atoms with Gasteiger partial charge in [-0.3, -0.25) is 9.69 Å². The number of benzene rings is 3. The predicted molar refractivity (Wildman–Crippen MR) is 130 cm³/mol. The second-order valence-corrected chi connectivity index (χ2v) is 11.0. The SMILES string of the molecule is Cc1ccc(S(=O)(=O)CC(=O)N(Cc2ccccc2)c2nc3c(C)c(Cl)ccc3s2)cc1. The molecule has 0 spiro atoms. The zero-order chi connectivity index (χ0) is 22.9. The predicted octanol–water partition coefficient (Wildman–Crippen LogP) is 5.57. The summed E-state index contributed by atoms with van der Waals surface area (Å²) in [5.74, 6) is -1.17. The average Bonchev–Trinajstić information content (AvgIpc) is 3.20. The molecule has 1 amide bonds. The largest absolute Gasteiger partial charge is 0.283 e. The van der Waals surface area contributed by atoms with E-state index in [4.69, 9.17) is 11.6 Å². The van der Waals surface area contributed by atoms with E-state index in [-0.39, 0.29) is 11.4 Å². The van der Waals surface area contributed by atoms with Crippen LogP contribution < -0.4 is 4.90 Å². The van der Waals surface area contributed by atoms with Crippen molar-refractivity contribution in [2.45, 2.75) is 25.3 Å². The zero-order valence-electron chi connectivity index (χ0n) is 17.6. The van der Waals surface area contributed by atoms with Crippen LogP contribution in [0.3, 0.4) is 0 Å². The molecule has 1 heterocycles. The second-order valence-electron chi connectivity index (χ2n) is 7.55. The minimum Gasteiger partial charge on any atom is -0.283 e. The molecule has 8 heteroatoms. The van der Waals surface area contributed by atoms with Crippen molar-refractivity contribution < 1.29 is 13.2 Å². The van der Waals surface area contributed by atoms with E-state index in [9.17, 15) is 13.2 Å². The summed E-state index contributed by atoms with van der Waals surface area (Å²) in [6, 6.07) is 19.6. The minimum absolute atomic E-state index is 0.128. The van der Waals surface area contributed by atoms with Crippen molar-refractivity contribution in [2.75, 3.05) is 10.7 Å². The number of halogens is 1. The van der Waals surface area contributed by atoms with Gasteiger partial charge in [-0.2, -0.15) is 0 Å². The molecule has 164 valence electrons. The zero-order valence-corrected chi connectivity index (χ0v) is 20.0. The van der Waals surface area contributed by atoms with E-state index in [0.29, 0.717) is 15.7 Å². The fourth-order valence-electron chi connectivity index (χ4n) is 3.30. The highest BCUT2D eigenvalue weighted by Crippen LogP contribution is 2.34. The van der Waals surface area contributed by atoms with Gasteiger partial charge in [0.1, 0.15) is 5.75 Å². The first-order valence-corrected chi connectivity index (χ1v) is 12.8. The lowest BCUT2D eigenvalue weighted by Crippen LogP contribution is -2.35. The Morgan fingerprint density at radius 2 is 1.69 bits per heavy atom. The Kier molecular flexibility index (Phi) is 6.33. The molecule has 5 nitrogen and oxygen atoms in total. The van der Waals surface area contributed by atoms with Crippen LogP contribution >= 0.6 is 22.9 Å². The molecule has 4 rings (SSSR count). The summed E-state index contributed by atoms with van der Waals surface area (Å²) < 4.78 is 26.7. The molecule has 32 heavy (non-hydrogen) atoms. The molecule has 0 fully saturated rings. The van der Waals surface area contributed by atoms with Gasteiger partial charge in [0.2, 0.25) is 5.91 Å². The summed E-state index contributed by atoms with van der Waals surface area (Å²) in [6.07, 6.45) is 0. The molecular weight excluding hydrogens is 464 g/mol. The summed E-state index contributed by atoms with van der Waals surface area (Å²) in [5.41, 5.74) is 3.36. The normalized spacial score (nSPS) is 11.6. The lowest BCUT2D eigenvalue weighted by Gasteiger charge is -2.20. The van der Waals surface area contributed by atoms with Gasteiger partial charge in [-0.15, -0.1) is 0 Å². The Balaban J connectivity index is 1.71. The van der Waals surface area contributed by atoms with Crippen molar-refractivity contribution in [3.63, 3.8) is 0 Å². The number of thiazole rings is 1. The van der Waals surface area contributed by atoms with Crippen LogP contribution in [-0.2, 0) is 21.2 Å². The number of carbonyl (C=O) groups is 1. The summed E-state index contributed by atoms with van der Waals surface area (Å²) in [5, 5.41) is 1.04. The average molecular weight is 485 g/mol. The molecule has 0 aliphatic heterocycles. The van der Waals surface area contributed by atoms with Crippen LogP contribution in [0.5, 0.6) is 0 Å². The van der Waals surface area contributed by atoms with Crippen molar-refractivity contribution in [1.29, 1.82) is 0 Å². The molecule has 0 saturated heterocycles. The lowest BCUT2D eigenvalue weighted by atomic mass is 10.2. The number of aromatic nitrogens is 1. The quantitative estimate of drug-likeness (QED) is 0.358. The monoisotopic (exact) mass is 484 g/mol.